The first kappa shape index (κ1) is 14.8. The van der Waals surface area contributed by atoms with E-state index in [4.69, 9.17) is 0 Å². The van der Waals surface area contributed by atoms with Gasteiger partial charge in [0.1, 0.15) is 0 Å². The van der Waals surface area contributed by atoms with E-state index in [0.29, 0.717) is 12.0 Å². The van der Waals surface area contributed by atoms with Gasteiger partial charge in [0.25, 0.3) is 0 Å². The van der Waals surface area contributed by atoms with Gasteiger partial charge in [0.15, 0.2) is 5.96 Å². The van der Waals surface area contributed by atoms with Crippen LogP contribution >= 0.6 is 0 Å². The molecular weight excluding hydrogens is 252 g/mol. The molecule has 6 heteroatoms. The van der Waals surface area contributed by atoms with E-state index >= 15 is 0 Å². The minimum Gasteiger partial charge on any atom is -0.359 e. The van der Waals surface area contributed by atoms with Gasteiger partial charge >= 0.3 is 0 Å². The highest BCUT2D eigenvalue weighted by Gasteiger charge is 2.32. The summed E-state index contributed by atoms with van der Waals surface area (Å²) in [6, 6.07) is 2.55. The second kappa shape index (κ2) is 6.74. The lowest BCUT2D eigenvalue weighted by Gasteiger charge is -2.39. The fourth-order valence-corrected chi connectivity index (χ4v) is 3.12. The largest absolute Gasteiger partial charge is 0.359 e. The molecule has 6 nitrogen and oxygen atoms in total. The normalized spacial score (nSPS) is 24.7. The molecule has 2 N–H and O–H groups in total. The molecule has 0 bridgehead atoms. The van der Waals surface area contributed by atoms with Gasteiger partial charge in [-0.15, -0.1) is 0 Å². The summed E-state index contributed by atoms with van der Waals surface area (Å²) >= 11 is 0. The van der Waals surface area contributed by atoms with Crippen LogP contribution in [-0.2, 0) is 7.05 Å². The molecule has 112 valence electrons. The van der Waals surface area contributed by atoms with E-state index in [1.165, 1.54) is 18.5 Å². The zero-order valence-corrected chi connectivity index (χ0v) is 12.9. The maximum absolute atomic E-state index is 4.32. The smallest absolute Gasteiger partial charge is 0.190 e. The fraction of sp³-hybridized carbons (Fsp3) is 0.714. The summed E-state index contributed by atoms with van der Waals surface area (Å²) < 4.78 is 1.99. The topological polar surface area (TPSA) is 57.5 Å². The van der Waals surface area contributed by atoms with Crippen molar-refractivity contribution in [3.8, 4) is 0 Å². The average Bonchev–Trinajstić information content (AvgIpc) is 2.86. The van der Waals surface area contributed by atoms with Gasteiger partial charge in [0.05, 0.1) is 11.7 Å². The Hall–Kier alpha value is -1.56. The van der Waals surface area contributed by atoms with Gasteiger partial charge in [-0.2, -0.15) is 5.10 Å². The zero-order valence-electron chi connectivity index (χ0n) is 12.9. The summed E-state index contributed by atoms with van der Waals surface area (Å²) in [5.74, 6) is 1.41. The number of hydrogen-bond acceptors (Lipinski definition) is 3. The van der Waals surface area contributed by atoms with Crippen LogP contribution in [0.2, 0.25) is 0 Å². The van der Waals surface area contributed by atoms with Crippen molar-refractivity contribution < 1.29 is 0 Å². The number of rotatable bonds is 3. The summed E-state index contributed by atoms with van der Waals surface area (Å²) in [4.78, 5) is 6.62. The number of hydrogen-bond donors (Lipinski definition) is 2. The van der Waals surface area contributed by atoms with E-state index in [-0.39, 0.29) is 0 Å². The molecule has 1 fully saturated rings. The third-order valence-electron chi connectivity index (χ3n) is 4.16. The highest BCUT2D eigenvalue weighted by Crippen LogP contribution is 2.34. The number of nitrogens with one attached hydrogen (secondary N) is 2. The standard InChI is InChI=1S/C14H26N6/c1-15-14(16-2)17-10-11-6-5-9-19(3)13(11)12-7-8-18-20(12)4/h7-8,11,13H,5-6,9-10H2,1-4H3,(H2,15,16,17)/t11-,13+/m0/s1. The quantitative estimate of drug-likeness (QED) is 0.628. The van der Waals surface area contributed by atoms with Crippen molar-refractivity contribution in [3.63, 3.8) is 0 Å². The van der Waals surface area contributed by atoms with E-state index in [1.54, 1.807) is 7.05 Å². The van der Waals surface area contributed by atoms with Crippen molar-refractivity contribution in [1.82, 2.24) is 25.3 Å². The van der Waals surface area contributed by atoms with Gasteiger partial charge < -0.3 is 10.6 Å². The van der Waals surface area contributed by atoms with Crippen LogP contribution < -0.4 is 10.6 Å². The maximum Gasteiger partial charge on any atom is 0.190 e. The van der Waals surface area contributed by atoms with Crippen LogP contribution in [0, 0.1) is 5.92 Å². The monoisotopic (exact) mass is 278 g/mol. The molecule has 2 heterocycles. The summed E-state index contributed by atoms with van der Waals surface area (Å²) in [7, 11) is 7.91. The fourth-order valence-electron chi connectivity index (χ4n) is 3.12. The highest BCUT2D eigenvalue weighted by atomic mass is 15.3. The highest BCUT2D eigenvalue weighted by molar-refractivity contribution is 5.79. The van der Waals surface area contributed by atoms with Gasteiger partial charge in [0.2, 0.25) is 0 Å². The first-order chi connectivity index (χ1) is 9.67. The number of guanidine groups is 1. The van der Waals surface area contributed by atoms with Gasteiger partial charge in [-0.05, 0) is 38.4 Å². The van der Waals surface area contributed by atoms with Crippen LogP contribution in [-0.4, -0.2) is 54.9 Å². The molecule has 0 aliphatic carbocycles. The van der Waals surface area contributed by atoms with Gasteiger partial charge in [0, 0.05) is 33.9 Å². The molecule has 0 radical (unpaired) electrons. The predicted molar refractivity (Wildman–Crippen MR) is 81.7 cm³/mol. The van der Waals surface area contributed by atoms with E-state index < -0.39 is 0 Å². The Morgan fingerprint density at radius 1 is 1.50 bits per heavy atom. The Morgan fingerprint density at radius 2 is 2.30 bits per heavy atom. The summed E-state index contributed by atoms with van der Waals surface area (Å²) in [5, 5.41) is 10.8. The van der Waals surface area contributed by atoms with Crippen molar-refractivity contribution in [1.29, 1.82) is 0 Å². The number of aliphatic imine (C=N–C) groups is 1. The van der Waals surface area contributed by atoms with E-state index in [0.717, 1.165) is 19.0 Å². The molecule has 20 heavy (non-hydrogen) atoms. The molecule has 1 aliphatic heterocycles. The third kappa shape index (κ3) is 3.12. The Bertz CT molecular complexity index is 452. The van der Waals surface area contributed by atoms with Crippen LogP contribution in [0.3, 0.4) is 0 Å². The maximum atomic E-state index is 4.32. The van der Waals surface area contributed by atoms with Crippen LogP contribution in [0.25, 0.3) is 0 Å². The Morgan fingerprint density at radius 3 is 2.90 bits per heavy atom. The lowest BCUT2D eigenvalue weighted by Crippen LogP contribution is -2.44. The number of nitrogens with zero attached hydrogens (tertiary/aromatic N) is 4. The minimum atomic E-state index is 0.415. The molecule has 0 unspecified atom stereocenters. The summed E-state index contributed by atoms with van der Waals surface area (Å²) in [6.45, 7) is 2.07. The summed E-state index contributed by atoms with van der Waals surface area (Å²) in [5.41, 5.74) is 1.29. The van der Waals surface area contributed by atoms with Gasteiger partial charge in [-0.25, -0.2) is 0 Å². The molecule has 0 spiro atoms. The molecule has 0 saturated carbocycles. The Kier molecular flexibility index (Phi) is 5.00. The van der Waals surface area contributed by atoms with Crippen LogP contribution in [0.15, 0.2) is 17.3 Å². The number of piperidine rings is 1. The van der Waals surface area contributed by atoms with E-state index in [2.05, 4.69) is 38.7 Å². The Labute approximate surface area is 121 Å². The predicted octanol–water partition coefficient (Wildman–Crippen LogP) is 0.598. The molecule has 1 aromatic heterocycles. The molecule has 0 aromatic carbocycles. The van der Waals surface area contributed by atoms with Crippen LogP contribution in [0.1, 0.15) is 24.6 Å². The lowest BCUT2D eigenvalue weighted by atomic mass is 9.87. The molecule has 2 atom stereocenters. The van der Waals surface area contributed by atoms with Crippen molar-refractivity contribution in [3.05, 3.63) is 18.0 Å². The first-order valence-electron chi connectivity index (χ1n) is 7.24. The Balaban J connectivity index is 2.10. The first-order valence-corrected chi connectivity index (χ1v) is 7.24. The van der Waals surface area contributed by atoms with Crippen molar-refractivity contribution >= 4 is 5.96 Å². The van der Waals surface area contributed by atoms with Crippen molar-refractivity contribution in [2.75, 3.05) is 34.2 Å². The van der Waals surface area contributed by atoms with Crippen molar-refractivity contribution in [2.24, 2.45) is 18.0 Å². The molecule has 2 rings (SSSR count). The SMILES string of the molecule is CN=C(NC)NC[C@@H]1CCCN(C)[C@H]1c1ccnn1C. The summed E-state index contributed by atoms with van der Waals surface area (Å²) in [6.07, 6.45) is 4.36. The number of aromatic nitrogens is 2. The molecule has 1 aromatic rings. The molecular formula is C14H26N6. The lowest BCUT2D eigenvalue weighted by molar-refractivity contribution is 0.116. The molecule has 1 saturated heterocycles. The van der Waals surface area contributed by atoms with Crippen LogP contribution in [0.5, 0.6) is 0 Å². The number of likely N-dealkylation sites (tertiary alicyclic amines) is 1. The molecule has 1 aliphatic rings. The van der Waals surface area contributed by atoms with Crippen molar-refractivity contribution in [2.45, 2.75) is 18.9 Å². The molecule has 0 amide bonds. The second-order valence-corrected chi connectivity index (χ2v) is 5.41. The minimum absolute atomic E-state index is 0.415. The number of aryl methyl sites for hydroxylation is 1. The van der Waals surface area contributed by atoms with Crippen LogP contribution in [0.4, 0.5) is 0 Å². The third-order valence-corrected chi connectivity index (χ3v) is 4.16. The van der Waals surface area contributed by atoms with Gasteiger partial charge in [-0.3, -0.25) is 14.6 Å². The van der Waals surface area contributed by atoms with E-state index in [9.17, 15) is 0 Å². The van der Waals surface area contributed by atoms with Gasteiger partial charge in [-0.1, -0.05) is 0 Å². The second-order valence-electron chi connectivity index (χ2n) is 5.41. The zero-order chi connectivity index (χ0) is 14.5. The van der Waals surface area contributed by atoms with E-state index in [1.807, 2.05) is 25.0 Å². The average molecular weight is 278 g/mol.